The Kier molecular flexibility index (Phi) is 2.88. The van der Waals surface area contributed by atoms with E-state index in [-0.39, 0.29) is 5.40 Å². The first-order valence-electron chi connectivity index (χ1n) is 4.09. The van der Waals surface area contributed by atoms with E-state index in [2.05, 4.69) is 0 Å². The summed E-state index contributed by atoms with van der Waals surface area (Å²) in [6, 6.07) is 0. The van der Waals surface area contributed by atoms with Crippen LogP contribution in [0.3, 0.4) is 0 Å². The zero-order chi connectivity index (χ0) is 9.41. The first-order chi connectivity index (χ1) is 5.40. The minimum atomic E-state index is -2.61. The molecule has 1 heterocycles. The average molecular weight is 210 g/mol. The monoisotopic (exact) mass is 210 g/mol. The van der Waals surface area contributed by atoms with Crippen LogP contribution in [0.4, 0.5) is 0 Å². The highest BCUT2D eigenvalue weighted by Crippen LogP contribution is 2.70. The van der Waals surface area contributed by atoms with Crippen molar-refractivity contribution in [3.8, 4) is 0 Å². The first kappa shape index (κ1) is 10.5. The molecule has 0 N–H and O–H groups in total. The van der Waals surface area contributed by atoms with Crippen molar-refractivity contribution in [3.63, 3.8) is 0 Å². The van der Waals surface area contributed by atoms with Crippen LogP contribution in [-0.2, 0) is 13.7 Å². The highest BCUT2D eigenvalue weighted by atomic mass is 31.2. The molecular weight excluding hydrogens is 194 g/mol. The lowest BCUT2D eigenvalue weighted by Crippen LogP contribution is -2.04. The molecule has 0 bridgehead atoms. The fraction of sp³-hybridized carbons (Fsp3) is 1.00. The molecule has 0 aromatic heterocycles. The van der Waals surface area contributed by atoms with E-state index >= 15 is 0 Å². The minimum absolute atomic E-state index is 0.171. The van der Waals surface area contributed by atoms with Gasteiger partial charge in [0.05, 0.1) is 12.5 Å². The van der Waals surface area contributed by atoms with Crippen molar-refractivity contribution in [1.29, 1.82) is 0 Å². The fourth-order valence-corrected chi connectivity index (χ4v) is 8.72. The Labute approximate surface area is 73.7 Å². The standard InChI is InChI=1S/C7H16O3P2/c1-10-12(3,9)7-5-4-6-11(7,2)8/h7H,4-6H2,1-3H3. The van der Waals surface area contributed by atoms with Crippen LogP contribution in [0.1, 0.15) is 12.8 Å². The van der Waals surface area contributed by atoms with E-state index in [0.29, 0.717) is 0 Å². The predicted molar refractivity (Wildman–Crippen MR) is 52.0 cm³/mol. The summed E-state index contributed by atoms with van der Waals surface area (Å²) in [6.07, 6.45) is 2.47. The number of hydrogen-bond acceptors (Lipinski definition) is 3. The van der Waals surface area contributed by atoms with Gasteiger partial charge in [-0.15, -0.1) is 0 Å². The van der Waals surface area contributed by atoms with Crippen LogP contribution in [0.25, 0.3) is 0 Å². The second kappa shape index (κ2) is 3.29. The van der Waals surface area contributed by atoms with E-state index in [9.17, 15) is 9.13 Å². The second-order valence-corrected chi connectivity index (χ2v) is 10.2. The Morgan fingerprint density at radius 2 is 2.17 bits per heavy atom. The van der Waals surface area contributed by atoms with Crippen molar-refractivity contribution in [3.05, 3.63) is 0 Å². The number of hydrogen-bond donors (Lipinski definition) is 0. The molecule has 3 atom stereocenters. The minimum Gasteiger partial charge on any atom is -0.331 e. The number of rotatable bonds is 2. The molecule has 0 amide bonds. The topological polar surface area (TPSA) is 43.4 Å². The van der Waals surface area contributed by atoms with Gasteiger partial charge in [0.2, 0.25) is 7.37 Å². The van der Waals surface area contributed by atoms with Crippen molar-refractivity contribution >= 4 is 14.5 Å². The van der Waals surface area contributed by atoms with Crippen molar-refractivity contribution in [1.82, 2.24) is 0 Å². The molecule has 1 saturated heterocycles. The highest BCUT2D eigenvalue weighted by molar-refractivity contribution is 7.79. The van der Waals surface area contributed by atoms with Gasteiger partial charge < -0.3 is 9.09 Å². The van der Waals surface area contributed by atoms with Gasteiger partial charge in [0.25, 0.3) is 0 Å². The van der Waals surface area contributed by atoms with Crippen LogP contribution in [0.2, 0.25) is 0 Å². The van der Waals surface area contributed by atoms with Crippen LogP contribution in [0.5, 0.6) is 0 Å². The summed E-state index contributed by atoms with van der Waals surface area (Å²) in [7, 11) is -3.34. The van der Waals surface area contributed by atoms with E-state index in [1.807, 2.05) is 0 Å². The third kappa shape index (κ3) is 1.84. The summed E-state index contributed by atoms with van der Waals surface area (Å²) in [4.78, 5) is 0. The van der Waals surface area contributed by atoms with Gasteiger partial charge in [0, 0.05) is 19.9 Å². The second-order valence-electron chi connectivity index (χ2n) is 3.61. The van der Waals surface area contributed by atoms with E-state index in [4.69, 9.17) is 4.52 Å². The molecule has 1 fully saturated rings. The maximum Gasteiger partial charge on any atom is 0.210 e. The molecule has 1 aliphatic heterocycles. The zero-order valence-electron chi connectivity index (χ0n) is 7.82. The van der Waals surface area contributed by atoms with Gasteiger partial charge in [-0.25, -0.2) is 0 Å². The molecule has 1 rings (SSSR count). The zero-order valence-corrected chi connectivity index (χ0v) is 9.61. The first-order valence-corrected chi connectivity index (χ1v) is 8.64. The van der Waals surface area contributed by atoms with Crippen LogP contribution in [0.15, 0.2) is 0 Å². The fourth-order valence-electron chi connectivity index (χ4n) is 1.81. The molecule has 5 heteroatoms. The largest absolute Gasteiger partial charge is 0.331 e. The lowest BCUT2D eigenvalue weighted by atomic mass is 10.4. The predicted octanol–water partition coefficient (Wildman–Crippen LogP) is 2.65. The molecular formula is C7H16O3P2. The van der Waals surface area contributed by atoms with E-state index in [1.54, 1.807) is 13.3 Å². The van der Waals surface area contributed by atoms with Crippen LogP contribution in [-0.4, -0.2) is 32.0 Å². The maximum atomic E-state index is 11.9. The Morgan fingerprint density at radius 1 is 1.58 bits per heavy atom. The third-order valence-electron chi connectivity index (χ3n) is 2.60. The van der Waals surface area contributed by atoms with Crippen LogP contribution >= 0.6 is 14.5 Å². The van der Waals surface area contributed by atoms with Gasteiger partial charge in [-0.3, -0.25) is 4.57 Å². The molecule has 1 aliphatic rings. The van der Waals surface area contributed by atoms with Crippen molar-refractivity contribution in [2.24, 2.45) is 0 Å². The lowest BCUT2D eigenvalue weighted by Gasteiger charge is -2.22. The normalized spacial score (nSPS) is 41.1. The van der Waals surface area contributed by atoms with E-state index in [0.717, 1.165) is 19.0 Å². The van der Waals surface area contributed by atoms with Gasteiger partial charge >= 0.3 is 0 Å². The molecule has 3 nitrogen and oxygen atoms in total. The van der Waals surface area contributed by atoms with Crippen molar-refractivity contribution in [2.75, 3.05) is 26.6 Å². The molecule has 3 unspecified atom stereocenters. The lowest BCUT2D eigenvalue weighted by molar-refractivity contribution is 0.394. The maximum absolute atomic E-state index is 11.9. The van der Waals surface area contributed by atoms with E-state index in [1.165, 1.54) is 7.11 Å². The molecule has 0 spiro atoms. The van der Waals surface area contributed by atoms with Gasteiger partial charge in [-0.05, 0) is 19.5 Å². The summed E-state index contributed by atoms with van der Waals surface area (Å²) in [5.41, 5.74) is 0. The molecule has 0 aromatic rings. The SMILES string of the molecule is COP(C)(=O)C1CCCP1(C)=O. The third-order valence-corrected chi connectivity index (χ3v) is 10.1. The van der Waals surface area contributed by atoms with Gasteiger partial charge in [-0.2, -0.15) is 0 Å². The van der Waals surface area contributed by atoms with Crippen molar-refractivity contribution < 1.29 is 13.7 Å². The van der Waals surface area contributed by atoms with Gasteiger partial charge in [0.15, 0.2) is 0 Å². The Hall–Kier alpha value is 0.420. The van der Waals surface area contributed by atoms with Crippen LogP contribution < -0.4 is 0 Å². The van der Waals surface area contributed by atoms with Gasteiger partial charge in [0.1, 0.15) is 0 Å². The van der Waals surface area contributed by atoms with E-state index < -0.39 is 14.5 Å². The molecule has 0 radical (unpaired) electrons. The summed E-state index contributed by atoms with van der Waals surface area (Å²) in [5, 5.41) is -0.171. The smallest absolute Gasteiger partial charge is 0.210 e. The highest BCUT2D eigenvalue weighted by Gasteiger charge is 2.43. The van der Waals surface area contributed by atoms with Crippen molar-refractivity contribution in [2.45, 2.75) is 18.2 Å². The summed E-state index contributed by atoms with van der Waals surface area (Å²) in [5.74, 6) is 0. The molecule has 12 heavy (non-hydrogen) atoms. The molecule has 0 aromatic carbocycles. The van der Waals surface area contributed by atoms with Gasteiger partial charge in [-0.1, -0.05) is 0 Å². The van der Waals surface area contributed by atoms with Crippen LogP contribution in [0, 0.1) is 0 Å². The molecule has 0 aliphatic carbocycles. The molecule has 0 saturated carbocycles. The summed E-state index contributed by atoms with van der Waals surface area (Å²) < 4.78 is 28.6. The quantitative estimate of drug-likeness (QED) is 0.658. The summed E-state index contributed by atoms with van der Waals surface area (Å²) in [6.45, 7) is 3.35. The summed E-state index contributed by atoms with van der Waals surface area (Å²) >= 11 is 0. The Morgan fingerprint density at radius 3 is 2.50 bits per heavy atom. The average Bonchev–Trinajstić information content (AvgIpc) is 2.30. The Balaban J connectivity index is 2.90. The Bertz CT molecular complexity index is 261. The molecule has 72 valence electrons.